The second-order valence-electron chi connectivity index (χ2n) is 11.2. The molecule has 186 valence electrons. The minimum absolute atomic E-state index is 0.00181. The summed E-state index contributed by atoms with van der Waals surface area (Å²) < 4.78 is 0. The highest BCUT2D eigenvalue weighted by Crippen LogP contribution is 2.33. The molecule has 2 radical (unpaired) electrons. The number of halogens is 2. The summed E-state index contributed by atoms with van der Waals surface area (Å²) in [6, 6.07) is 14.5. The van der Waals surface area contributed by atoms with Crippen LogP contribution in [0.1, 0.15) is 45.6 Å². The number of amides is 1. The van der Waals surface area contributed by atoms with E-state index < -0.39 is 0 Å². The SMILES string of the molecule is [B]N1CCC(CC(=O)N2CCN(Cc3ccccc3-c3ccc(Cl)c(Cl)c3)C[C@@H]2C(C)(C)C)CC1. The summed E-state index contributed by atoms with van der Waals surface area (Å²) in [5, 5.41) is 1.13. The number of hydrogen-bond acceptors (Lipinski definition) is 3. The van der Waals surface area contributed by atoms with Crippen LogP contribution in [0.3, 0.4) is 0 Å². The van der Waals surface area contributed by atoms with Crippen molar-refractivity contribution in [1.82, 2.24) is 14.6 Å². The number of nitrogens with zero attached hydrogens (tertiary/aromatic N) is 3. The predicted octanol–water partition coefficient (Wildman–Crippen LogP) is 5.90. The zero-order valence-electron chi connectivity index (χ0n) is 21.1. The first kappa shape index (κ1) is 26.5. The number of benzene rings is 2. The molecule has 2 aliphatic rings. The zero-order chi connectivity index (χ0) is 25.2. The van der Waals surface area contributed by atoms with Crippen molar-refractivity contribution in [2.75, 3.05) is 32.7 Å². The van der Waals surface area contributed by atoms with Crippen molar-refractivity contribution in [2.45, 2.75) is 52.6 Å². The summed E-state index contributed by atoms with van der Waals surface area (Å²) in [5.74, 6) is 0.746. The Bertz CT molecular complexity index is 1030. The van der Waals surface area contributed by atoms with E-state index in [2.05, 4.69) is 54.8 Å². The summed E-state index contributed by atoms with van der Waals surface area (Å²) in [4.78, 5) is 19.9. The van der Waals surface area contributed by atoms with Crippen LogP contribution in [-0.4, -0.2) is 67.3 Å². The lowest BCUT2D eigenvalue weighted by molar-refractivity contribution is -0.141. The van der Waals surface area contributed by atoms with E-state index in [-0.39, 0.29) is 11.5 Å². The molecular weight excluding hydrogens is 476 g/mol. The van der Waals surface area contributed by atoms with E-state index in [1.165, 1.54) is 11.1 Å². The largest absolute Gasteiger partial charge is 0.353 e. The third-order valence-electron chi connectivity index (χ3n) is 7.54. The highest BCUT2D eigenvalue weighted by molar-refractivity contribution is 6.42. The molecule has 0 unspecified atom stereocenters. The summed E-state index contributed by atoms with van der Waals surface area (Å²) in [6.07, 6.45) is 2.66. The maximum Gasteiger partial charge on any atom is 0.223 e. The third kappa shape index (κ3) is 6.62. The van der Waals surface area contributed by atoms with Gasteiger partial charge in [0.15, 0.2) is 7.98 Å². The molecule has 2 fully saturated rings. The molecule has 0 N–H and O–H groups in total. The molecule has 2 saturated heterocycles. The molecule has 0 spiro atoms. The molecule has 1 amide bonds. The van der Waals surface area contributed by atoms with Crippen LogP contribution in [0.4, 0.5) is 0 Å². The first-order valence-electron chi connectivity index (χ1n) is 12.7. The summed E-state index contributed by atoms with van der Waals surface area (Å²) in [7, 11) is 5.91. The molecule has 2 aromatic rings. The molecular formula is C28H36BCl2N3O. The van der Waals surface area contributed by atoms with Crippen molar-refractivity contribution in [3.05, 3.63) is 58.1 Å². The Morgan fingerprint density at radius 1 is 1.00 bits per heavy atom. The first-order chi connectivity index (χ1) is 16.6. The molecule has 7 heteroatoms. The molecule has 4 nitrogen and oxygen atoms in total. The number of piperazine rings is 1. The van der Waals surface area contributed by atoms with Gasteiger partial charge in [0, 0.05) is 38.6 Å². The predicted molar refractivity (Wildman–Crippen MR) is 147 cm³/mol. The molecule has 0 aromatic heterocycles. The lowest BCUT2D eigenvalue weighted by Crippen LogP contribution is -2.59. The van der Waals surface area contributed by atoms with Crippen LogP contribution < -0.4 is 0 Å². The van der Waals surface area contributed by atoms with Crippen molar-refractivity contribution in [1.29, 1.82) is 0 Å². The zero-order valence-corrected chi connectivity index (χ0v) is 22.7. The van der Waals surface area contributed by atoms with E-state index in [4.69, 9.17) is 31.2 Å². The van der Waals surface area contributed by atoms with Crippen molar-refractivity contribution in [2.24, 2.45) is 11.3 Å². The number of carbonyl (C=O) groups excluding carboxylic acids is 1. The van der Waals surface area contributed by atoms with E-state index in [9.17, 15) is 4.79 Å². The van der Waals surface area contributed by atoms with Crippen molar-refractivity contribution in [3.63, 3.8) is 0 Å². The average Bonchev–Trinajstić information content (AvgIpc) is 2.82. The summed E-state index contributed by atoms with van der Waals surface area (Å²) >= 11 is 12.5. The smallest absolute Gasteiger partial charge is 0.223 e. The van der Waals surface area contributed by atoms with Gasteiger partial charge in [0.2, 0.25) is 5.91 Å². The topological polar surface area (TPSA) is 26.8 Å². The van der Waals surface area contributed by atoms with E-state index in [1.807, 2.05) is 23.0 Å². The van der Waals surface area contributed by atoms with Crippen molar-refractivity contribution < 1.29 is 4.79 Å². The molecule has 2 heterocycles. The number of rotatable bonds is 5. The van der Waals surface area contributed by atoms with Gasteiger partial charge in [-0.2, -0.15) is 0 Å². The highest BCUT2D eigenvalue weighted by atomic mass is 35.5. The van der Waals surface area contributed by atoms with Crippen LogP contribution in [0.25, 0.3) is 11.1 Å². The van der Waals surface area contributed by atoms with E-state index in [0.717, 1.165) is 57.7 Å². The minimum Gasteiger partial charge on any atom is -0.353 e. The van der Waals surface area contributed by atoms with Gasteiger partial charge >= 0.3 is 0 Å². The molecule has 2 aromatic carbocycles. The van der Waals surface area contributed by atoms with Gasteiger partial charge < -0.3 is 9.71 Å². The van der Waals surface area contributed by atoms with Gasteiger partial charge in [-0.15, -0.1) is 0 Å². The number of hydrogen-bond donors (Lipinski definition) is 0. The second kappa shape index (κ2) is 11.3. The lowest BCUT2D eigenvalue weighted by Gasteiger charge is -2.48. The van der Waals surface area contributed by atoms with Crippen molar-refractivity contribution >= 4 is 37.1 Å². The van der Waals surface area contributed by atoms with Gasteiger partial charge in [0.05, 0.1) is 10.0 Å². The van der Waals surface area contributed by atoms with Crippen LogP contribution in [0.5, 0.6) is 0 Å². The van der Waals surface area contributed by atoms with Crippen LogP contribution in [-0.2, 0) is 11.3 Å². The van der Waals surface area contributed by atoms with E-state index >= 15 is 0 Å². The normalized spacial score (nSPS) is 20.8. The Morgan fingerprint density at radius 3 is 2.40 bits per heavy atom. The number of piperidine rings is 1. The maximum atomic E-state index is 13.4. The van der Waals surface area contributed by atoms with Crippen LogP contribution in [0.2, 0.25) is 10.0 Å². The van der Waals surface area contributed by atoms with Gasteiger partial charge in [-0.25, -0.2) is 0 Å². The first-order valence-corrected chi connectivity index (χ1v) is 13.4. The monoisotopic (exact) mass is 511 g/mol. The Morgan fingerprint density at radius 2 is 1.71 bits per heavy atom. The van der Waals surface area contributed by atoms with Crippen LogP contribution >= 0.6 is 23.2 Å². The average molecular weight is 512 g/mol. The van der Waals surface area contributed by atoms with Gasteiger partial charge in [0.1, 0.15) is 0 Å². The molecule has 0 aliphatic carbocycles. The minimum atomic E-state index is -0.00181. The fourth-order valence-electron chi connectivity index (χ4n) is 5.39. The summed E-state index contributed by atoms with van der Waals surface area (Å²) in [5.41, 5.74) is 3.49. The van der Waals surface area contributed by atoms with Crippen LogP contribution in [0.15, 0.2) is 42.5 Å². The van der Waals surface area contributed by atoms with Gasteiger partial charge in [-0.1, -0.05) is 74.3 Å². The fraction of sp³-hybridized carbons (Fsp3) is 0.536. The Labute approximate surface area is 222 Å². The second-order valence-corrected chi connectivity index (χ2v) is 12.0. The summed E-state index contributed by atoms with van der Waals surface area (Å²) in [6.45, 7) is 11.8. The third-order valence-corrected chi connectivity index (χ3v) is 8.28. The lowest BCUT2D eigenvalue weighted by atomic mass is 9.83. The van der Waals surface area contributed by atoms with Gasteiger partial charge in [0.25, 0.3) is 0 Å². The molecule has 0 bridgehead atoms. The maximum absolute atomic E-state index is 13.4. The van der Waals surface area contributed by atoms with Gasteiger partial charge in [-0.05, 0) is 66.1 Å². The standard InChI is InChI=1S/C28H36BCl2N3O/c1-28(2,3)26-19-32(14-15-34(26)27(35)16-20-10-12-33(29)13-11-20)18-22-6-4-5-7-23(22)21-8-9-24(30)25(31)17-21/h4-9,17,20,26H,10-16,18-19H2,1-3H3/t26-/m1/s1. The molecule has 1 atom stereocenters. The fourth-order valence-corrected chi connectivity index (χ4v) is 5.69. The Kier molecular flexibility index (Phi) is 8.53. The van der Waals surface area contributed by atoms with Crippen LogP contribution in [0, 0.1) is 11.3 Å². The quantitative estimate of drug-likeness (QED) is 0.467. The molecule has 35 heavy (non-hydrogen) atoms. The number of carbonyl (C=O) groups is 1. The molecule has 0 saturated carbocycles. The Balaban J connectivity index is 1.47. The van der Waals surface area contributed by atoms with Gasteiger partial charge in [-0.3, -0.25) is 9.69 Å². The Hall–Kier alpha value is -1.53. The molecule has 4 rings (SSSR count). The van der Waals surface area contributed by atoms with E-state index in [0.29, 0.717) is 28.3 Å². The van der Waals surface area contributed by atoms with Crippen molar-refractivity contribution in [3.8, 4) is 11.1 Å². The molecule has 2 aliphatic heterocycles. The highest BCUT2D eigenvalue weighted by Gasteiger charge is 2.38. The van der Waals surface area contributed by atoms with E-state index in [1.54, 1.807) is 0 Å².